The van der Waals surface area contributed by atoms with Crippen molar-refractivity contribution in [3.8, 4) is 0 Å². The molecule has 14 heavy (non-hydrogen) atoms. The summed E-state index contributed by atoms with van der Waals surface area (Å²) in [4.78, 5) is 0. The van der Waals surface area contributed by atoms with Gasteiger partial charge in [-0.15, -0.1) is 0 Å². The summed E-state index contributed by atoms with van der Waals surface area (Å²) in [5.41, 5.74) is 0. The molecule has 0 radical (unpaired) electrons. The summed E-state index contributed by atoms with van der Waals surface area (Å²) in [6.45, 7) is 0. The van der Waals surface area contributed by atoms with E-state index in [9.17, 15) is 0 Å². The predicted molar refractivity (Wildman–Crippen MR) is 54.9 cm³/mol. The Hall–Kier alpha value is 0.568. The van der Waals surface area contributed by atoms with Crippen molar-refractivity contribution in [2.75, 3.05) is 0 Å². The Bertz CT molecular complexity index is 109. The number of rotatable bonds is 2. The molecule has 0 saturated heterocycles. The molecule has 0 aromatic carbocycles. The van der Waals surface area contributed by atoms with E-state index >= 15 is 0 Å². The average Bonchev–Trinajstić information content (AvgIpc) is 2.60. The predicted octanol–water partition coefficient (Wildman–Crippen LogP) is 0.809. The zero-order valence-corrected chi connectivity index (χ0v) is 10.9. The quantitative estimate of drug-likeness (QED) is 0.752. The molecule has 90 valence electrons. The van der Waals surface area contributed by atoms with Gasteiger partial charge in [0.1, 0.15) is 0 Å². The van der Waals surface area contributed by atoms with E-state index in [-0.39, 0.29) is 32.0 Å². The normalized spacial score (nSPS) is 22.3. The molecular weight excluding hydrogens is 361 g/mol. The summed E-state index contributed by atoms with van der Waals surface area (Å²) in [5, 5.41) is 3.78. The van der Waals surface area contributed by atoms with Crippen LogP contribution in [0.2, 0.25) is 0 Å². The van der Waals surface area contributed by atoms with Crippen LogP contribution in [0, 0.1) is 0 Å². The second kappa shape index (κ2) is 8.84. The van der Waals surface area contributed by atoms with E-state index < -0.39 is 0 Å². The van der Waals surface area contributed by atoms with Crippen LogP contribution in [0.5, 0.6) is 0 Å². The Labute approximate surface area is 101 Å². The molecule has 5 N–H and O–H groups in total. The molecule has 0 unspecified atom stereocenters. The molecule has 2 fully saturated rings. The van der Waals surface area contributed by atoms with Crippen molar-refractivity contribution < 1.29 is 32.0 Å². The molecule has 0 spiro atoms. The average molecular weight is 384 g/mol. The zero-order chi connectivity index (χ0) is 7.52. The third-order valence-corrected chi connectivity index (χ3v) is 3.18. The van der Waals surface area contributed by atoms with Gasteiger partial charge >= 0.3 is 0 Å². The molecule has 0 aromatic rings. The van der Waals surface area contributed by atoms with E-state index in [0.717, 1.165) is 12.1 Å². The van der Waals surface area contributed by atoms with E-state index in [2.05, 4.69) is 5.32 Å². The monoisotopic (exact) mass is 384 g/mol. The number of hydrogen-bond donors (Lipinski definition) is 1. The fourth-order valence-electron chi connectivity index (χ4n) is 2.52. The van der Waals surface area contributed by atoms with Gasteiger partial charge in [-0.25, -0.2) is 0 Å². The van der Waals surface area contributed by atoms with Crippen LogP contribution in [0.1, 0.15) is 51.4 Å². The van der Waals surface area contributed by atoms with Gasteiger partial charge < -0.3 is 16.3 Å². The van der Waals surface area contributed by atoms with Crippen LogP contribution >= 0.6 is 0 Å². The van der Waals surface area contributed by atoms with E-state index in [1.807, 2.05) is 0 Å². The van der Waals surface area contributed by atoms with Crippen molar-refractivity contribution in [1.82, 2.24) is 5.32 Å². The van der Waals surface area contributed by atoms with Gasteiger partial charge in [0.15, 0.2) is 0 Å². The molecule has 2 aliphatic carbocycles. The van der Waals surface area contributed by atoms with E-state index in [1.165, 1.54) is 51.4 Å². The van der Waals surface area contributed by atoms with Gasteiger partial charge in [-0.1, -0.05) is 25.7 Å². The van der Waals surface area contributed by atoms with Crippen LogP contribution in [-0.2, 0) is 21.1 Å². The minimum Gasteiger partial charge on any atom is -0.412 e. The largest absolute Gasteiger partial charge is 0.412 e. The Morgan fingerprint density at radius 1 is 0.643 bits per heavy atom. The van der Waals surface area contributed by atoms with Crippen molar-refractivity contribution in [2.24, 2.45) is 0 Å². The maximum absolute atomic E-state index is 3.78. The summed E-state index contributed by atoms with van der Waals surface area (Å²) in [5.74, 6) is 0. The zero-order valence-electron chi connectivity index (χ0n) is 8.63. The summed E-state index contributed by atoms with van der Waals surface area (Å²) >= 11 is 0. The van der Waals surface area contributed by atoms with Gasteiger partial charge in [0.2, 0.25) is 0 Å². The maximum atomic E-state index is 3.78. The molecule has 0 heterocycles. The minimum absolute atomic E-state index is 0. The Kier molecular flexibility index (Phi) is 10.7. The summed E-state index contributed by atoms with van der Waals surface area (Å²) in [7, 11) is 0. The van der Waals surface area contributed by atoms with Crippen molar-refractivity contribution in [3.05, 3.63) is 0 Å². The van der Waals surface area contributed by atoms with Crippen molar-refractivity contribution >= 4 is 0 Å². The molecule has 0 aliphatic heterocycles. The molecule has 0 atom stereocenters. The standard InChI is InChI=1S/C10H19N.2H2O.Pt/c1-2-6-9(5-1)11-10-7-3-4-8-10;;;/h9-11H,1-8H2;2*1H2;. The van der Waals surface area contributed by atoms with Crippen LogP contribution in [0.15, 0.2) is 0 Å². The second-order valence-corrected chi connectivity index (χ2v) is 4.13. The van der Waals surface area contributed by atoms with Crippen molar-refractivity contribution in [2.45, 2.75) is 63.5 Å². The first kappa shape index (κ1) is 17.0. The van der Waals surface area contributed by atoms with Gasteiger partial charge in [-0.3, -0.25) is 0 Å². The smallest absolute Gasteiger partial charge is 0.00696 e. The summed E-state index contributed by atoms with van der Waals surface area (Å²) in [6, 6.07) is 1.77. The topological polar surface area (TPSA) is 75.0 Å². The molecule has 4 heteroatoms. The first-order valence-corrected chi connectivity index (χ1v) is 5.21. The van der Waals surface area contributed by atoms with Crippen LogP contribution in [0.3, 0.4) is 0 Å². The second-order valence-electron chi connectivity index (χ2n) is 4.13. The molecule has 2 aliphatic rings. The SMILES string of the molecule is C1CCC(NC2CCCC2)C1.O.O.[Pt]. The van der Waals surface area contributed by atoms with Crippen LogP contribution < -0.4 is 5.32 Å². The molecule has 2 rings (SSSR count). The summed E-state index contributed by atoms with van der Waals surface area (Å²) in [6.07, 6.45) is 11.6. The fraction of sp³-hybridized carbons (Fsp3) is 1.00. The maximum Gasteiger partial charge on any atom is 0.00696 e. The first-order chi connectivity index (χ1) is 5.45. The van der Waals surface area contributed by atoms with Gasteiger partial charge in [0.05, 0.1) is 0 Å². The van der Waals surface area contributed by atoms with E-state index in [1.54, 1.807) is 0 Å². The Balaban J connectivity index is 0. The number of nitrogens with one attached hydrogen (secondary N) is 1. The molecule has 2 saturated carbocycles. The molecule has 0 aromatic heterocycles. The van der Waals surface area contributed by atoms with Gasteiger partial charge in [-0.05, 0) is 25.7 Å². The Morgan fingerprint density at radius 2 is 0.929 bits per heavy atom. The number of hydrogen-bond acceptors (Lipinski definition) is 1. The van der Waals surface area contributed by atoms with Crippen molar-refractivity contribution in [3.63, 3.8) is 0 Å². The first-order valence-electron chi connectivity index (χ1n) is 5.21. The minimum atomic E-state index is 0. The third-order valence-electron chi connectivity index (χ3n) is 3.18. The Morgan fingerprint density at radius 3 is 1.21 bits per heavy atom. The van der Waals surface area contributed by atoms with Crippen molar-refractivity contribution in [1.29, 1.82) is 0 Å². The third kappa shape index (κ3) is 4.88. The van der Waals surface area contributed by atoms with Crippen LogP contribution in [0.25, 0.3) is 0 Å². The van der Waals surface area contributed by atoms with Gasteiger partial charge in [0, 0.05) is 33.1 Å². The van der Waals surface area contributed by atoms with Crippen LogP contribution in [0.4, 0.5) is 0 Å². The molecule has 3 nitrogen and oxygen atoms in total. The molecule has 0 bridgehead atoms. The van der Waals surface area contributed by atoms with E-state index in [0.29, 0.717) is 0 Å². The summed E-state index contributed by atoms with van der Waals surface area (Å²) < 4.78 is 0. The van der Waals surface area contributed by atoms with E-state index in [4.69, 9.17) is 0 Å². The molecular formula is C10H23NO2Pt. The van der Waals surface area contributed by atoms with Gasteiger partial charge in [0.25, 0.3) is 0 Å². The molecule has 0 amide bonds. The van der Waals surface area contributed by atoms with Crippen LogP contribution in [-0.4, -0.2) is 23.0 Å². The van der Waals surface area contributed by atoms with Gasteiger partial charge in [-0.2, -0.15) is 0 Å². The fourth-order valence-corrected chi connectivity index (χ4v) is 2.52.